The Kier molecular flexibility index (Phi) is 7.41. The second-order valence-electron chi connectivity index (χ2n) is 4.77. The lowest BCUT2D eigenvalue weighted by Gasteiger charge is -2.38. The Hall–Kier alpha value is -0.780. The number of nitrogens with zero attached hydrogens (tertiary/aromatic N) is 3. The van der Waals surface area contributed by atoms with Crippen molar-refractivity contribution in [1.82, 2.24) is 20.0 Å². The van der Waals surface area contributed by atoms with Crippen molar-refractivity contribution in [3.63, 3.8) is 0 Å². The molecule has 0 saturated carbocycles. The van der Waals surface area contributed by atoms with Crippen LogP contribution in [0, 0.1) is 0 Å². The summed E-state index contributed by atoms with van der Waals surface area (Å²) >= 11 is 0. The van der Waals surface area contributed by atoms with E-state index in [0.29, 0.717) is 12.5 Å². The second-order valence-corrected chi connectivity index (χ2v) is 4.77. The van der Waals surface area contributed by atoms with Crippen LogP contribution in [-0.2, 0) is 18.3 Å². The van der Waals surface area contributed by atoms with Crippen molar-refractivity contribution in [2.75, 3.05) is 13.1 Å². The molecule has 5 nitrogen and oxygen atoms in total. The van der Waals surface area contributed by atoms with E-state index in [9.17, 15) is 4.79 Å². The first kappa shape index (κ1) is 18.2. The molecule has 0 radical (unpaired) electrons. The lowest BCUT2D eigenvalue weighted by atomic mass is 10.1. The van der Waals surface area contributed by atoms with Crippen LogP contribution < -0.4 is 5.32 Å². The van der Waals surface area contributed by atoms with Crippen molar-refractivity contribution in [1.29, 1.82) is 0 Å². The molecule has 7 heteroatoms. The van der Waals surface area contributed by atoms with Crippen LogP contribution in [-0.4, -0.2) is 45.8 Å². The molecule has 1 aromatic heterocycles. The van der Waals surface area contributed by atoms with Gasteiger partial charge in [0.05, 0.1) is 12.6 Å². The van der Waals surface area contributed by atoms with Gasteiger partial charge in [0.15, 0.2) is 0 Å². The summed E-state index contributed by atoms with van der Waals surface area (Å²) in [5.41, 5.74) is 0.982. The third kappa shape index (κ3) is 4.37. The first-order valence-electron chi connectivity index (χ1n) is 6.08. The Morgan fingerprint density at radius 2 is 2.16 bits per heavy atom. The molecule has 1 aromatic rings. The maximum absolute atomic E-state index is 12.2. The first-order chi connectivity index (χ1) is 8.08. The minimum atomic E-state index is 0. The molecule has 110 valence electrons. The van der Waals surface area contributed by atoms with E-state index in [0.717, 1.165) is 18.7 Å². The number of halogens is 2. The van der Waals surface area contributed by atoms with Gasteiger partial charge < -0.3 is 10.2 Å². The lowest BCUT2D eigenvalue weighted by molar-refractivity contribution is -0.134. The van der Waals surface area contributed by atoms with E-state index in [1.54, 1.807) is 10.9 Å². The van der Waals surface area contributed by atoms with E-state index >= 15 is 0 Å². The fourth-order valence-corrected chi connectivity index (χ4v) is 2.25. The second kappa shape index (κ2) is 7.72. The average molecular weight is 309 g/mol. The number of amides is 1. The van der Waals surface area contributed by atoms with Gasteiger partial charge in [0.1, 0.15) is 0 Å². The van der Waals surface area contributed by atoms with Crippen LogP contribution >= 0.6 is 24.8 Å². The Morgan fingerprint density at radius 3 is 2.74 bits per heavy atom. The summed E-state index contributed by atoms with van der Waals surface area (Å²) in [5, 5.41) is 7.46. The fourth-order valence-electron chi connectivity index (χ4n) is 2.25. The summed E-state index contributed by atoms with van der Waals surface area (Å²) in [5.74, 6) is 0.193. The number of carbonyl (C=O) groups excluding carboxylic acids is 1. The number of aromatic nitrogens is 2. The molecule has 0 spiro atoms. The predicted molar refractivity (Wildman–Crippen MR) is 80.0 cm³/mol. The smallest absolute Gasteiger partial charge is 0.227 e. The van der Waals surface area contributed by atoms with E-state index in [1.165, 1.54) is 0 Å². The zero-order chi connectivity index (χ0) is 12.4. The van der Waals surface area contributed by atoms with E-state index in [-0.39, 0.29) is 36.8 Å². The molecule has 1 aliphatic rings. The summed E-state index contributed by atoms with van der Waals surface area (Å²) < 4.78 is 1.73. The van der Waals surface area contributed by atoms with Crippen molar-refractivity contribution < 1.29 is 4.79 Å². The quantitative estimate of drug-likeness (QED) is 0.887. The van der Waals surface area contributed by atoms with Crippen molar-refractivity contribution in [2.24, 2.45) is 7.05 Å². The summed E-state index contributed by atoms with van der Waals surface area (Å²) in [7, 11) is 1.86. The molecule has 2 atom stereocenters. The highest BCUT2D eigenvalue weighted by atomic mass is 35.5. The topological polar surface area (TPSA) is 50.2 Å². The Balaban J connectivity index is 0.00000162. The molecular formula is C12H22Cl2N4O. The van der Waals surface area contributed by atoms with Crippen molar-refractivity contribution in [3.8, 4) is 0 Å². The van der Waals surface area contributed by atoms with Gasteiger partial charge in [-0.05, 0) is 19.4 Å². The zero-order valence-electron chi connectivity index (χ0n) is 11.5. The fraction of sp³-hybridized carbons (Fsp3) is 0.667. The van der Waals surface area contributed by atoms with Crippen LogP contribution in [0.5, 0.6) is 0 Å². The Morgan fingerprint density at radius 1 is 1.47 bits per heavy atom. The molecule has 1 fully saturated rings. The first-order valence-corrected chi connectivity index (χ1v) is 6.08. The van der Waals surface area contributed by atoms with Crippen LogP contribution in [0.4, 0.5) is 0 Å². The van der Waals surface area contributed by atoms with Gasteiger partial charge in [0, 0.05) is 38.4 Å². The Bertz CT molecular complexity index is 410. The molecule has 2 unspecified atom stereocenters. The van der Waals surface area contributed by atoms with Gasteiger partial charge in [-0.1, -0.05) is 0 Å². The SMILES string of the molecule is CC1NCCN(C(=O)Cc2cnn(C)c2)C1C.Cl.Cl. The highest BCUT2D eigenvalue weighted by Crippen LogP contribution is 2.11. The maximum Gasteiger partial charge on any atom is 0.227 e. The van der Waals surface area contributed by atoms with Gasteiger partial charge in [-0.2, -0.15) is 5.10 Å². The maximum atomic E-state index is 12.2. The molecular weight excluding hydrogens is 287 g/mol. The molecule has 2 rings (SSSR count). The minimum absolute atomic E-state index is 0. The predicted octanol–water partition coefficient (Wildman–Crippen LogP) is 1.01. The van der Waals surface area contributed by atoms with Crippen LogP contribution in [0.25, 0.3) is 0 Å². The third-order valence-corrected chi connectivity index (χ3v) is 3.47. The van der Waals surface area contributed by atoms with Crippen molar-refractivity contribution in [3.05, 3.63) is 18.0 Å². The van der Waals surface area contributed by atoms with Crippen LogP contribution in [0.1, 0.15) is 19.4 Å². The third-order valence-electron chi connectivity index (χ3n) is 3.47. The van der Waals surface area contributed by atoms with Gasteiger partial charge in [0.2, 0.25) is 5.91 Å². The molecule has 1 aliphatic heterocycles. The molecule has 1 saturated heterocycles. The molecule has 1 N–H and O–H groups in total. The molecule has 0 aromatic carbocycles. The van der Waals surface area contributed by atoms with Gasteiger partial charge >= 0.3 is 0 Å². The van der Waals surface area contributed by atoms with Crippen LogP contribution in [0.2, 0.25) is 0 Å². The van der Waals surface area contributed by atoms with E-state index in [1.807, 2.05) is 18.1 Å². The largest absolute Gasteiger partial charge is 0.337 e. The minimum Gasteiger partial charge on any atom is -0.337 e. The summed E-state index contributed by atoms with van der Waals surface area (Å²) in [6.07, 6.45) is 4.10. The van der Waals surface area contributed by atoms with Gasteiger partial charge in [0.25, 0.3) is 0 Å². The number of hydrogen-bond acceptors (Lipinski definition) is 3. The number of nitrogens with one attached hydrogen (secondary N) is 1. The number of aryl methyl sites for hydroxylation is 1. The normalized spacial score (nSPS) is 22.4. The van der Waals surface area contributed by atoms with E-state index in [2.05, 4.69) is 24.3 Å². The monoisotopic (exact) mass is 308 g/mol. The molecule has 19 heavy (non-hydrogen) atoms. The molecule has 1 amide bonds. The van der Waals surface area contributed by atoms with Crippen LogP contribution in [0.3, 0.4) is 0 Å². The van der Waals surface area contributed by atoms with Gasteiger partial charge in [-0.15, -0.1) is 24.8 Å². The van der Waals surface area contributed by atoms with Crippen molar-refractivity contribution in [2.45, 2.75) is 32.4 Å². The number of hydrogen-bond donors (Lipinski definition) is 1. The standard InChI is InChI=1S/C12H20N4O.2ClH/c1-9-10(2)16(5-4-13-9)12(17)6-11-7-14-15(3)8-11;;/h7-10,13H,4-6H2,1-3H3;2*1H. The highest BCUT2D eigenvalue weighted by molar-refractivity contribution is 5.85. The molecule has 0 aliphatic carbocycles. The van der Waals surface area contributed by atoms with Gasteiger partial charge in [-0.3, -0.25) is 9.48 Å². The van der Waals surface area contributed by atoms with E-state index < -0.39 is 0 Å². The number of carbonyl (C=O) groups is 1. The summed E-state index contributed by atoms with van der Waals surface area (Å²) in [6, 6.07) is 0.620. The molecule has 2 heterocycles. The van der Waals surface area contributed by atoms with Crippen LogP contribution in [0.15, 0.2) is 12.4 Å². The number of piperazine rings is 1. The average Bonchev–Trinajstić information content (AvgIpc) is 2.68. The lowest BCUT2D eigenvalue weighted by Crippen LogP contribution is -2.57. The highest BCUT2D eigenvalue weighted by Gasteiger charge is 2.27. The van der Waals surface area contributed by atoms with Gasteiger partial charge in [-0.25, -0.2) is 0 Å². The molecule has 0 bridgehead atoms. The summed E-state index contributed by atoms with van der Waals surface area (Å²) in [4.78, 5) is 14.2. The summed E-state index contributed by atoms with van der Waals surface area (Å²) in [6.45, 7) is 5.89. The van der Waals surface area contributed by atoms with E-state index in [4.69, 9.17) is 0 Å². The zero-order valence-corrected chi connectivity index (χ0v) is 13.1. The van der Waals surface area contributed by atoms with Crippen molar-refractivity contribution >= 4 is 30.7 Å². The number of rotatable bonds is 2. The Labute approximate surface area is 126 Å².